The highest BCUT2D eigenvalue weighted by Crippen LogP contribution is 2.36. The van der Waals surface area contributed by atoms with Gasteiger partial charge in [0.25, 0.3) is 5.91 Å². The van der Waals surface area contributed by atoms with Gasteiger partial charge in [-0.1, -0.05) is 18.2 Å². The minimum atomic E-state index is -4.49. The van der Waals surface area contributed by atoms with E-state index < -0.39 is 29.6 Å². The van der Waals surface area contributed by atoms with Gasteiger partial charge in [-0.2, -0.15) is 13.2 Å². The predicted molar refractivity (Wildman–Crippen MR) is 121 cm³/mol. The molecule has 2 aliphatic rings. The Morgan fingerprint density at radius 1 is 1.00 bits per heavy atom. The van der Waals surface area contributed by atoms with Crippen molar-refractivity contribution >= 4 is 29.3 Å². The lowest BCUT2D eigenvalue weighted by atomic mass is 9.98. The van der Waals surface area contributed by atoms with Gasteiger partial charge in [0.05, 0.1) is 23.4 Å². The Morgan fingerprint density at radius 2 is 1.69 bits per heavy atom. The number of para-hydroxylation sites is 1. The molecule has 2 aliphatic heterocycles. The lowest BCUT2D eigenvalue weighted by Gasteiger charge is -2.37. The molecule has 0 saturated carbocycles. The lowest BCUT2D eigenvalue weighted by Crippen LogP contribution is -2.53. The summed E-state index contributed by atoms with van der Waals surface area (Å²) in [6.07, 6.45) is -2.82. The quantitative estimate of drug-likeness (QED) is 0.490. The molecule has 2 bridgehead atoms. The molecule has 2 heterocycles. The Labute approximate surface area is 199 Å². The van der Waals surface area contributed by atoms with E-state index in [9.17, 15) is 32.7 Å². The highest BCUT2D eigenvalue weighted by Gasteiger charge is 2.43. The van der Waals surface area contributed by atoms with Gasteiger partial charge >= 0.3 is 12.3 Å². The molecule has 0 aliphatic carbocycles. The molecule has 2 fully saturated rings. The van der Waals surface area contributed by atoms with E-state index in [0.29, 0.717) is 18.5 Å². The largest absolute Gasteiger partial charge is 0.465 e. The monoisotopic (exact) mass is 490 g/mol. The molecule has 4 N–H and O–H groups in total. The normalized spacial score (nSPS) is 21.3. The van der Waals surface area contributed by atoms with Crippen LogP contribution in [0.5, 0.6) is 0 Å². The molecule has 0 radical (unpaired) electrons. The second-order valence-electron chi connectivity index (χ2n) is 8.74. The van der Waals surface area contributed by atoms with Crippen molar-refractivity contribution in [3.05, 3.63) is 59.7 Å². The molecule has 186 valence electrons. The topological polar surface area (TPSA) is 111 Å². The van der Waals surface area contributed by atoms with Gasteiger partial charge in [-0.3, -0.25) is 9.59 Å². The van der Waals surface area contributed by atoms with Crippen molar-refractivity contribution in [2.24, 2.45) is 0 Å². The van der Waals surface area contributed by atoms with E-state index in [-0.39, 0.29) is 35.9 Å². The third-order valence-electron chi connectivity index (χ3n) is 6.37. The zero-order valence-electron chi connectivity index (χ0n) is 18.6. The number of carbonyl (C=O) groups excluding carboxylic acids is 2. The molecule has 0 spiro atoms. The third-order valence-corrected chi connectivity index (χ3v) is 6.37. The number of rotatable bonds is 6. The van der Waals surface area contributed by atoms with Gasteiger partial charge < -0.3 is 26.0 Å². The van der Waals surface area contributed by atoms with E-state index in [0.717, 1.165) is 25.0 Å². The summed E-state index contributed by atoms with van der Waals surface area (Å²) in [7, 11) is 0. The maximum absolute atomic E-state index is 13.0. The number of halogens is 3. The van der Waals surface area contributed by atoms with Crippen LogP contribution >= 0.6 is 0 Å². The summed E-state index contributed by atoms with van der Waals surface area (Å²) in [5.74, 6) is -0.953. The van der Waals surface area contributed by atoms with Crippen molar-refractivity contribution in [3.63, 3.8) is 0 Å². The van der Waals surface area contributed by atoms with Crippen LogP contribution in [0, 0.1) is 0 Å². The van der Waals surface area contributed by atoms with Crippen LogP contribution in [-0.2, 0) is 11.0 Å². The van der Waals surface area contributed by atoms with E-state index in [1.807, 2.05) is 0 Å². The number of hydrogen-bond donors (Lipinski definition) is 4. The van der Waals surface area contributed by atoms with Crippen LogP contribution in [0.3, 0.4) is 0 Å². The summed E-state index contributed by atoms with van der Waals surface area (Å²) >= 11 is 0. The van der Waals surface area contributed by atoms with E-state index in [1.165, 1.54) is 23.1 Å². The fraction of sp³-hybridized carbons (Fsp3) is 0.375. The average Bonchev–Trinajstić information content (AvgIpc) is 3.08. The third kappa shape index (κ3) is 5.67. The van der Waals surface area contributed by atoms with Gasteiger partial charge in [-0.15, -0.1) is 0 Å². The number of amides is 3. The van der Waals surface area contributed by atoms with E-state index >= 15 is 0 Å². The zero-order chi connectivity index (χ0) is 25.2. The molecule has 2 aromatic rings. The number of carboxylic acid groups (broad SMARTS) is 1. The molecule has 3 atom stereocenters. The first-order chi connectivity index (χ1) is 16.6. The van der Waals surface area contributed by atoms with Crippen LogP contribution in [0.25, 0.3) is 0 Å². The fourth-order valence-electron chi connectivity index (χ4n) is 4.86. The highest BCUT2D eigenvalue weighted by atomic mass is 19.4. The number of alkyl halides is 3. The number of nitrogens with zero attached hydrogens (tertiary/aromatic N) is 1. The summed E-state index contributed by atoms with van der Waals surface area (Å²) in [6.45, 7) is -0.287. The fourth-order valence-corrected chi connectivity index (χ4v) is 4.86. The second-order valence-corrected chi connectivity index (χ2v) is 8.74. The van der Waals surface area contributed by atoms with Crippen LogP contribution in [0.1, 0.15) is 41.6 Å². The van der Waals surface area contributed by atoms with Gasteiger partial charge in [-0.05, 0) is 56.0 Å². The molecule has 0 unspecified atom stereocenters. The predicted octanol–water partition coefficient (Wildman–Crippen LogP) is 3.97. The smallest absolute Gasteiger partial charge is 0.416 e. The standard InChI is InChI=1S/C24H25F3N4O4/c25-24(26,27)14-4-3-5-15(10-14)29-20-7-2-1-6-19(20)22(33)28-13-21(32)30-16-11-17-8-9-18(12-16)31(17)23(34)35/h1-7,10,16-18,29H,8-9,11-13H2,(H,28,33)(H,30,32)(H,34,35)/t16-,17-,18+. The van der Waals surface area contributed by atoms with Crippen molar-refractivity contribution in [1.82, 2.24) is 15.5 Å². The minimum Gasteiger partial charge on any atom is -0.465 e. The summed E-state index contributed by atoms with van der Waals surface area (Å²) in [4.78, 5) is 38.0. The maximum atomic E-state index is 13.0. The Hall–Kier alpha value is -3.76. The Kier molecular flexibility index (Phi) is 6.86. The van der Waals surface area contributed by atoms with Crippen LogP contribution in [0.15, 0.2) is 48.5 Å². The first-order valence-corrected chi connectivity index (χ1v) is 11.2. The lowest BCUT2D eigenvalue weighted by molar-refractivity contribution is -0.137. The van der Waals surface area contributed by atoms with Crippen LogP contribution in [0.4, 0.5) is 29.3 Å². The molecule has 2 saturated heterocycles. The highest BCUT2D eigenvalue weighted by molar-refractivity contribution is 6.01. The minimum absolute atomic E-state index is 0.111. The Balaban J connectivity index is 1.34. The number of fused-ring (bicyclic) bond motifs is 2. The Morgan fingerprint density at radius 3 is 2.34 bits per heavy atom. The zero-order valence-corrected chi connectivity index (χ0v) is 18.6. The first kappa shape index (κ1) is 24.4. The van der Waals surface area contributed by atoms with Crippen molar-refractivity contribution in [2.45, 2.75) is 50.0 Å². The number of piperidine rings is 1. The van der Waals surface area contributed by atoms with Gasteiger partial charge in [0.2, 0.25) is 5.91 Å². The summed E-state index contributed by atoms with van der Waals surface area (Å²) < 4.78 is 39.0. The summed E-state index contributed by atoms with van der Waals surface area (Å²) in [6, 6.07) is 10.6. The number of benzene rings is 2. The van der Waals surface area contributed by atoms with Gasteiger partial charge in [0, 0.05) is 23.8 Å². The number of hydrogen-bond acceptors (Lipinski definition) is 4. The van der Waals surface area contributed by atoms with Crippen LogP contribution in [0.2, 0.25) is 0 Å². The van der Waals surface area contributed by atoms with Crippen molar-refractivity contribution in [2.75, 3.05) is 11.9 Å². The molecule has 11 heteroatoms. The molecule has 8 nitrogen and oxygen atoms in total. The van der Waals surface area contributed by atoms with Crippen molar-refractivity contribution in [1.29, 1.82) is 0 Å². The molecule has 2 aromatic carbocycles. The van der Waals surface area contributed by atoms with Crippen molar-refractivity contribution in [3.8, 4) is 0 Å². The van der Waals surface area contributed by atoms with Crippen molar-refractivity contribution < 1.29 is 32.7 Å². The second kappa shape index (κ2) is 9.85. The first-order valence-electron chi connectivity index (χ1n) is 11.2. The van der Waals surface area contributed by atoms with Gasteiger partial charge in [0.15, 0.2) is 0 Å². The van der Waals surface area contributed by atoms with E-state index in [2.05, 4.69) is 16.0 Å². The molecule has 4 rings (SSSR count). The Bertz CT molecular complexity index is 1110. The van der Waals surface area contributed by atoms with E-state index in [1.54, 1.807) is 18.2 Å². The molecular weight excluding hydrogens is 465 g/mol. The average molecular weight is 490 g/mol. The van der Waals surface area contributed by atoms with Gasteiger partial charge in [0.1, 0.15) is 0 Å². The number of carbonyl (C=O) groups is 3. The van der Waals surface area contributed by atoms with E-state index in [4.69, 9.17) is 0 Å². The van der Waals surface area contributed by atoms with Crippen LogP contribution < -0.4 is 16.0 Å². The summed E-state index contributed by atoms with van der Waals surface area (Å²) in [5, 5.41) is 17.6. The maximum Gasteiger partial charge on any atom is 0.416 e. The summed E-state index contributed by atoms with van der Waals surface area (Å²) in [5.41, 5.74) is -0.184. The molecule has 3 amide bonds. The number of anilines is 2. The van der Waals surface area contributed by atoms with Crippen LogP contribution in [-0.4, -0.2) is 52.6 Å². The molecule has 0 aromatic heterocycles. The van der Waals surface area contributed by atoms with Gasteiger partial charge in [-0.25, -0.2) is 4.79 Å². The molecular formula is C24H25F3N4O4. The number of nitrogens with one attached hydrogen (secondary N) is 3. The SMILES string of the molecule is O=C(CNC(=O)c1ccccc1Nc1cccc(C(F)(F)F)c1)N[C@@H]1C[C@H]2CC[C@@H](C1)N2C(=O)O. The molecule has 35 heavy (non-hydrogen) atoms.